The molecule has 0 saturated heterocycles. The normalized spacial score (nSPS) is 11.2. The monoisotopic (exact) mass is 263 g/mol. The van der Waals surface area contributed by atoms with Crippen molar-refractivity contribution >= 4 is 16.9 Å². The lowest BCUT2D eigenvalue weighted by molar-refractivity contribution is -0.110. The number of esters is 1. The van der Waals surface area contributed by atoms with Crippen LogP contribution in [0.15, 0.2) is 30.5 Å². The van der Waals surface area contributed by atoms with Crippen LogP contribution in [0.1, 0.15) is 10.4 Å². The second-order valence-corrected chi connectivity index (χ2v) is 4.13. The van der Waals surface area contributed by atoms with E-state index in [1.807, 2.05) is 29.0 Å². The molecule has 19 heavy (non-hydrogen) atoms. The van der Waals surface area contributed by atoms with Crippen molar-refractivity contribution in [2.75, 3.05) is 21.3 Å². The first-order valence-electron chi connectivity index (χ1n) is 5.92. The number of fused-ring (bicyclic) bond motifs is 1. The van der Waals surface area contributed by atoms with Gasteiger partial charge < -0.3 is 18.8 Å². The Kier molecular flexibility index (Phi) is 4.19. The number of ether oxygens (including phenoxy) is 3. The van der Waals surface area contributed by atoms with Crippen LogP contribution in [0, 0.1) is 0 Å². The summed E-state index contributed by atoms with van der Waals surface area (Å²) in [6.45, 7) is 0.557. The van der Waals surface area contributed by atoms with Crippen molar-refractivity contribution in [2.24, 2.45) is 0 Å². The highest BCUT2D eigenvalue weighted by Gasteiger charge is 2.11. The first-order valence-corrected chi connectivity index (χ1v) is 5.92. The van der Waals surface area contributed by atoms with Gasteiger partial charge in [-0.15, -0.1) is 0 Å². The molecule has 102 valence electrons. The van der Waals surface area contributed by atoms with Crippen molar-refractivity contribution in [1.82, 2.24) is 4.57 Å². The van der Waals surface area contributed by atoms with Gasteiger partial charge in [-0.1, -0.05) is 6.07 Å². The molecule has 0 bridgehead atoms. The molecular weight excluding hydrogens is 246 g/mol. The van der Waals surface area contributed by atoms with E-state index in [4.69, 9.17) is 14.2 Å². The molecule has 5 nitrogen and oxygen atoms in total. The summed E-state index contributed by atoms with van der Waals surface area (Å²) in [5, 5.41) is 1.05. The smallest absolute Gasteiger partial charge is 0.337 e. The summed E-state index contributed by atoms with van der Waals surface area (Å²) in [5.74, 6) is -0.343. The zero-order valence-corrected chi connectivity index (χ0v) is 11.3. The predicted molar refractivity (Wildman–Crippen MR) is 71.1 cm³/mol. The second-order valence-electron chi connectivity index (χ2n) is 4.13. The maximum atomic E-state index is 11.5. The first-order chi connectivity index (χ1) is 9.19. The van der Waals surface area contributed by atoms with E-state index in [9.17, 15) is 4.79 Å². The molecule has 2 rings (SSSR count). The lowest BCUT2D eigenvalue weighted by Gasteiger charge is -2.15. The summed E-state index contributed by atoms with van der Waals surface area (Å²) in [5.41, 5.74) is 1.48. The fraction of sp³-hybridized carbons (Fsp3) is 0.357. The van der Waals surface area contributed by atoms with Gasteiger partial charge >= 0.3 is 5.97 Å². The van der Waals surface area contributed by atoms with Gasteiger partial charge in [-0.2, -0.15) is 0 Å². The van der Waals surface area contributed by atoms with Crippen molar-refractivity contribution in [2.45, 2.75) is 12.8 Å². The molecular formula is C14H17NO4. The van der Waals surface area contributed by atoms with Crippen LogP contribution in [0.5, 0.6) is 0 Å². The lowest BCUT2D eigenvalue weighted by atomic mass is 10.1. The van der Waals surface area contributed by atoms with E-state index in [2.05, 4.69) is 0 Å². The molecule has 0 amide bonds. The number of carbonyl (C=O) groups is 1. The number of benzene rings is 1. The third-order valence-electron chi connectivity index (χ3n) is 3.07. The molecule has 0 aliphatic heterocycles. The molecule has 5 heteroatoms. The average Bonchev–Trinajstić information content (AvgIpc) is 2.86. The third-order valence-corrected chi connectivity index (χ3v) is 3.07. The molecule has 0 radical (unpaired) electrons. The van der Waals surface area contributed by atoms with Crippen molar-refractivity contribution in [3.05, 3.63) is 36.0 Å². The SMILES string of the molecule is COC(=O)c1ccc2ccn(CC(OC)OC)c2c1. The maximum absolute atomic E-state index is 11.5. The maximum Gasteiger partial charge on any atom is 0.337 e. The molecule has 0 spiro atoms. The van der Waals surface area contributed by atoms with E-state index in [-0.39, 0.29) is 12.3 Å². The number of methoxy groups -OCH3 is 3. The van der Waals surface area contributed by atoms with E-state index in [1.54, 1.807) is 20.3 Å². The Morgan fingerprint density at radius 3 is 2.58 bits per heavy atom. The lowest BCUT2D eigenvalue weighted by Crippen LogP contribution is -2.20. The predicted octanol–water partition coefficient (Wildman–Crippen LogP) is 2.05. The van der Waals surface area contributed by atoms with Crippen LogP contribution in [-0.4, -0.2) is 38.2 Å². The highest BCUT2D eigenvalue weighted by Crippen LogP contribution is 2.19. The molecule has 0 atom stereocenters. The van der Waals surface area contributed by atoms with Gasteiger partial charge in [-0.3, -0.25) is 0 Å². The van der Waals surface area contributed by atoms with Crippen LogP contribution < -0.4 is 0 Å². The summed E-state index contributed by atoms with van der Waals surface area (Å²) < 4.78 is 17.1. The minimum Gasteiger partial charge on any atom is -0.465 e. The Balaban J connectivity index is 2.37. The summed E-state index contributed by atoms with van der Waals surface area (Å²) >= 11 is 0. The zero-order chi connectivity index (χ0) is 13.8. The Hall–Kier alpha value is -1.85. The summed E-state index contributed by atoms with van der Waals surface area (Å²) in [6, 6.07) is 7.44. The van der Waals surface area contributed by atoms with E-state index in [0.29, 0.717) is 12.1 Å². The van der Waals surface area contributed by atoms with Crippen LogP contribution in [0.4, 0.5) is 0 Å². The van der Waals surface area contributed by atoms with Gasteiger partial charge in [0.05, 0.1) is 19.2 Å². The minimum atomic E-state index is -0.343. The van der Waals surface area contributed by atoms with Crippen molar-refractivity contribution in [3.8, 4) is 0 Å². The summed E-state index contributed by atoms with van der Waals surface area (Å²) in [6.07, 6.45) is 1.62. The van der Waals surface area contributed by atoms with E-state index in [0.717, 1.165) is 10.9 Å². The number of rotatable bonds is 5. The van der Waals surface area contributed by atoms with Crippen molar-refractivity contribution in [1.29, 1.82) is 0 Å². The Bertz CT molecular complexity index is 572. The van der Waals surface area contributed by atoms with E-state index < -0.39 is 0 Å². The molecule has 0 aliphatic carbocycles. The van der Waals surface area contributed by atoms with E-state index >= 15 is 0 Å². The first kappa shape index (κ1) is 13.6. The van der Waals surface area contributed by atoms with Crippen LogP contribution in [0.3, 0.4) is 0 Å². The van der Waals surface area contributed by atoms with Crippen LogP contribution >= 0.6 is 0 Å². The van der Waals surface area contributed by atoms with Gasteiger partial charge in [0.2, 0.25) is 0 Å². The fourth-order valence-electron chi connectivity index (χ4n) is 1.99. The molecule has 0 fully saturated rings. The molecule has 1 aromatic heterocycles. The molecule has 0 aliphatic rings. The van der Waals surface area contributed by atoms with Crippen molar-refractivity contribution in [3.63, 3.8) is 0 Å². The Labute approximate surface area is 111 Å². The number of carbonyl (C=O) groups excluding carboxylic acids is 1. The van der Waals surface area contributed by atoms with Crippen LogP contribution in [0.25, 0.3) is 10.9 Å². The highest BCUT2D eigenvalue weighted by molar-refractivity contribution is 5.94. The molecule has 0 unspecified atom stereocenters. The van der Waals surface area contributed by atoms with E-state index in [1.165, 1.54) is 7.11 Å². The average molecular weight is 263 g/mol. The molecule has 2 aromatic rings. The van der Waals surface area contributed by atoms with Gasteiger partial charge in [0.15, 0.2) is 6.29 Å². The molecule has 0 N–H and O–H groups in total. The van der Waals surface area contributed by atoms with Gasteiger partial charge in [-0.25, -0.2) is 4.79 Å². The number of hydrogen-bond acceptors (Lipinski definition) is 4. The quantitative estimate of drug-likeness (QED) is 0.612. The van der Waals surface area contributed by atoms with Gasteiger partial charge in [-0.05, 0) is 23.6 Å². The number of aromatic nitrogens is 1. The largest absolute Gasteiger partial charge is 0.465 e. The Morgan fingerprint density at radius 2 is 1.95 bits per heavy atom. The summed E-state index contributed by atoms with van der Waals surface area (Å²) in [7, 11) is 4.57. The van der Waals surface area contributed by atoms with Crippen LogP contribution in [0.2, 0.25) is 0 Å². The molecule has 1 heterocycles. The highest BCUT2D eigenvalue weighted by atomic mass is 16.7. The topological polar surface area (TPSA) is 49.7 Å². The van der Waals surface area contributed by atoms with Gasteiger partial charge in [0.25, 0.3) is 0 Å². The standard InChI is InChI=1S/C14H17NO4/c1-17-13(18-2)9-15-7-6-10-4-5-11(8-12(10)15)14(16)19-3/h4-8,13H,9H2,1-3H3. The van der Waals surface area contributed by atoms with Crippen LogP contribution in [-0.2, 0) is 20.8 Å². The zero-order valence-electron chi connectivity index (χ0n) is 11.3. The second kappa shape index (κ2) is 5.86. The minimum absolute atomic E-state index is 0.322. The van der Waals surface area contributed by atoms with Gasteiger partial charge in [0.1, 0.15) is 0 Å². The summed E-state index contributed by atoms with van der Waals surface area (Å²) in [4.78, 5) is 11.5. The number of hydrogen-bond donors (Lipinski definition) is 0. The Morgan fingerprint density at radius 1 is 1.21 bits per heavy atom. The molecule has 0 saturated carbocycles. The van der Waals surface area contributed by atoms with Crippen molar-refractivity contribution < 1.29 is 19.0 Å². The molecule has 1 aromatic carbocycles. The fourth-order valence-corrected chi connectivity index (χ4v) is 1.99. The van der Waals surface area contributed by atoms with Gasteiger partial charge in [0, 0.05) is 25.9 Å². The third kappa shape index (κ3) is 2.77. The number of nitrogens with zero attached hydrogens (tertiary/aromatic N) is 1.